The van der Waals surface area contributed by atoms with Crippen LogP contribution in [0.15, 0.2) is 47.6 Å². The van der Waals surface area contributed by atoms with Gasteiger partial charge < -0.3 is 14.8 Å². The van der Waals surface area contributed by atoms with Crippen LogP contribution in [0.3, 0.4) is 0 Å². The molecule has 9 heteroatoms. The van der Waals surface area contributed by atoms with E-state index < -0.39 is 0 Å². The molecule has 8 nitrogen and oxygen atoms in total. The maximum atomic E-state index is 13.2. The zero-order valence-corrected chi connectivity index (χ0v) is 19.7. The maximum Gasteiger partial charge on any atom is 0.231 e. The Hall–Kier alpha value is -3.33. The summed E-state index contributed by atoms with van der Waals surface area (Å²) < 4.78 is 13.2. The van der Waals surface area contributed by atoms with Gasteiger partial charge in [0.1, 0.15) is 19.0 Å². The Kier molecular flexibility index (Phi) is 5.28. The summed E-state index contributed by atoms with van der Waals surface area (Å²) in [4.78, 5) is 22.5. The van der Waals surface area contributed by atoms with Crippen LogP contribution >= 0.6 is 11.8 Å². The first-order valence-corrected chi connectivity index (χ1v) is 12.6. The lowest BCUT2D eigenvalue weighted by atomic mass is 9.87. The van der Waals surface area contributed by atoms with Gasteiger partial charge in [0, 0.05) is 5.39 Å². The van der Waals surface area contributed by atoms with Crippen molar-refractivity contribution in [2.45, 2.75) is 43.3 Å². The van der Waals surface area contributed by atoms with E-state index in [4.69, 9.17) is 14.5 Å². The summed E-state index contributed by atoms with van der Waals surface area (Å²) in [5, 5.41) is 9.46. The lowest BCUT2D eigenvalue weighted by Crippen LogP contribution is -2.44. The number of para-hydroxylation sites is 1. The first kappa shape index (κ1) is 21.2. The van der Waals surface area contributed by atoms with Crippen molar-refractivity contribution in [3.05, 3.63) is 53.9 Å². The van der Waals surface area contributed by atoms with Gasteiger partial charge in [-0.05, 0) is 49.6 Å². The Morgan fingerprint density at radius 1 is 1.09 bits per heavy atom. The minimum absolute atomic E-state index is 0.0262. The second kappa shape index (κ2) is 8.47. The molecule has 2 aliphatic rings. The molecule has 174 valence electrons. The molecule has 1 aliphatic carbocycles. The smallest absolute Gasteiger partial charge is 0.231 e. The number of nitrogens with zero attached hydrogens (tertiary/aromatic N) is 4. The summed E-state index contributed by atoms with van der Waals surface area (Å²) in [6.45, 7) is 2.97. The molecule has 2 aromatic carbocycles. The summed E-state index contributed by atoms with van der Waals surface area (Å²) in [5.74, 6) is 2.41. The monoisotopic (exact) mass is 475 g/mol. The normalized spacial score (nSPS) is 16.7. The number of ether oxygens (including phenoxy) is 2. The minimum Gasteiger partial charge on any atom is -0.486 e. The highest BCUT2D eigenvalue weighted by Gasteiger charge is 2.38. The molecule has 1 amide bonds. The van der Waals surface area contributed by atoms with Gasteiger partial charge in [-0.3, -0.25) is 4.79 Å². The van der Waals surface area contributed by atoms with Gasteiger partial charge in [-0.1, -0.05) is 42.8 Å². The van der Waals surface area contributed by atoms with E-state index in [1.807, 2.05) is 43.3 Å². The quantitative estimate of drug-likeness (QED) is 0.344. The lowest BCUT2D eigenvalue weighted by Gasteiger charge is -2.32. The number of aryl methyl sites for hydroxylation is 1. The van der Waals surface area contributed by atoms with Crippen LogP contribution in [0.1, 0.15) is 37.1 Å². The van der Waals surface area contributed by atoms with Crippen molar-refractivity contribution in [2.24, 2.45) is 0 Å². The third-order valence-corrected chi connectivity index (χ3v) is 7.45. The molecule has 0 spiro atoms. The molecular formula is C25H25N5O3S. The molecule has 0 bridgehead atoms. The number of thioether (sulfide) groups is 1. The Labute approximate surface area is 201 Å². The predicted octanol–water partition coefficient (Wildman–Crippen LogP) is 4.03. The van der Waals surface area contributed by atoms with Crippen LogP contribution in [-0.4, -0.2) is 44.5 Å². The van der Waals surface area contributed by atoms with Gasteiger partial charge in [0.05, 0.1) is 16.8 Å². The molecule has 1 aliphatic heterocycles. The zero-order valence-electron chi connectivity index (χ0n) is 18.9. The molecule has 3 heterocycles. The highest BCUT2D eigenvalue weighted by atomic mass is 32.2. The molecule has 34 heavy (non-hydrogen) atoms. The minimum atomic E-state index is -0.385. The molecule has 0 radical (unpaired) electrons. The Morgan fingerprint density at radius 3 is 2.74 bits per heavy atom. The van der Waals surface area contributed by atoms with Crippen molar-refractivity contribution in [3.8, 4) is 11.5 Å². The van der Waals surface area contributed by atoms with Crippen molar-refractivity contribution in [3.63, 3.8) is 0 Å². The molecule has 0 atom stereocenters. The highest BCUT2D eigenvalue weighted by Crippen LogP contribution is 2.42. The summed E-state index contributed by atoms with van der Waals surface area (Å²) in [6.07, 6.45) is 3.97. The topological polar surface area (TPSA) is 90.6 Å². The summed E-state index contributed by atoms with van der Waals surface area (Å²) in [5.41, 5.74) is 2.29. The van der Waals surface area contributed by atoms with Crippen molar-refractivity contribution in [2.75, 3.05) is 19.0 Å². The van der Waals surface area contributed by atoms with E-state index in [1.165, 1.54) is 11.8 Å². The maximum absolute atomic E-state index is 13.2. The van der Waals surface area contributed by atoms with Gasteiger partial charge in [-0.2, -0.15) is 4.52 Å². The summed E-state index contributed by atoms with van der Waals surface area (Å²) in [7, 11) is 0. The third-order valence-electron chi connectivity index (χ3n) is 6.52. The number of hydrogen-bond acceptors (Lipinski definition) is 7. The number of nitrogens with one attached hydrogen (secondary N) is 1. The van der Waals surface area contributed by atoms with Gasteiger partial charge in [-0.25, -0.2) is 9.97 Å². The van der Waals surface area contributed by atoms with Crippen molar-refractivity contribution in [1.82, 2.24) is 24.9 Å². The average Bonchev–Trinajstić information content (AvgIpc) is 3.49. The number of aromatic nitrogens is 4. The molecule has 6 rings (SSSR count). The zero-order chi connectivity index (χ0) is 23.1. The molecule has 4 aromatic rings. The SMILES string of the molecule is Cc1nc2c3ccccc3nc(SCC(=O)NC3(c4ccc5c(c4)OCCO5)CCCC3)n2n1. The van der Waals surface area contributed by atoms with Crippen LogP contribution in [0.2, 0.25) is 0 Å². The molecule has 0 unspecified atom stereocenters. The largest absolute Gasteiger partial charge is 0.486 e. The van der Waals surface area contributed by atoms with Gasteiger partial charge >= 0.3 is 0 Å². The molecule has 0 saturated heterocycles. The van der Waals surface area contributed by atoms with Gasteiger partial charge in [-0.15, -0.1) is 5.10 Å². The first-order valence-electron chi connectivity index (χ1n) is 11.6. The predicted molar refractivity (Wildman–Crippen MR) is 129 cm³/mol. The van der Waals surface area contributed by atoms with E-state index in [9.17, 15) is 4.79 Å². The number of carbonyl (C=O) groups excluding carboxylic acids is 1. The number of fused-ring (bicyclic) bond motifs is 4. The van der Waals surface area contributed by atoms with Gasteiger partial charge in [0.25, 0.3) is 0 Å². The number of benzene rings is 2. The van der Waals surface area contributed by atoms with E-state index in [0.29, 0.717) is 24.2 Å². The van der Waals surface area contributed by atoms with Crippen LogP contribution in [0, 0.1) is 6.92 Å². The number of hydrogen-bond donors (Lipinski definition) is 1. The lowest BCUT2D eigenvalue weighted by molar-refractivity contribution is -0.120. The molecule has 1 saturated carbocycles. The Balaban J connectivity index is 1.24. The third kappa shape index (κ3) is 3.73. The van der Waals surface area contributed by atoms with Gasteiger partial charge in [0.15, 0.2) is 22.3 Å². The molecule has 1 fully saturated rings. The second-order valence-electron chi connectivity index (χ2n) is 8.79. The highest BCUT2D eigenvalue weighted by molar-refractivity contribution is 7.99. The van der Waals surface area contributed by atoms with Crippen LogP contribution < -0.4 is 14.8 Å². The first-order chi connectivity index (χ1) is 16.6. The fourth-order valence-electron chi connectivity index (χ4n) is 4.97. The Bertz CT molecular complexity index is 1400. The molecule has 2 aromatic heterocycles. The van der Waals surface area contributed by atoms with Gasteiger partial charge in [0.2, 0.25) is 5.91 Å². The van der Waals surface area contributed by atoms with Crippen LogP contribution in [0.5, 0.6) is 11.5 Å². The van der Waals surface area contributed by atoms with E-state index >= 15 is 0 Å². The van der Waals surface area contributed by atoms with Crippen molar-refractivity contribution < 1.29 is 14.3 Å². The second-order valence-corrected chi connectivity index (χ2v) is 9.73. The molecule has 1 N–H and O–H groups in total. The van der Waals surface area contributed by atoms with E-state index in [0.717, 1.165) is 59.3 Å². The Morgan fingerprint density at radius 2 is 1.88 bits per heavy atom. The van der Waals surface area contributed by atoms with E-state index in [2.05, 4.69) is 21.5 Å². The van der Waals surface area contributed by atoms with Crippen molar-refractivity contribution >= 4 is 34.2 Å². The van der Waals surface area contributed by atoms with Crippen LogP contribution in [0.25, 0.3) is 16.6 Å². The fourth-order valence-corrected chi connectivity index (χ4v) is 5.71. The van der Waals surface area contributed by atoms with E-state index in [1.54, 1.807) is 4.52 Å². The number of carbonyl (C=O) groups is 1. The number of rotatable bonds is 5. The number of amides is 1. The summed E-state index contributed by atoms with van der Waals surface area (Å²) in [6, 6.07) is 13.9. The average molecular weight is 476 g/mol. The van der Waals surface area contributed by atoms with E-state index in [-0.39, 0.29) is 17.2 Å². The summed E-state index contributed by atoms with van der Waals surface area (Å²) >= 11 is 1.38. The fraction of sp³-hybridized carbons (Fsp3) is 0.360. The standard InChI is InChI=1S/C25H25N5O3S/c1-16-26-23-18-6-2-3-7-19(18)27-24(30(23)29-16)34-15-22(31)28-25(10-4-5-11-25)17-8-9-20-21(14-17)33-13-12-32-20/h2-3,6-9,14H,4-5,10-13,15H2,1H3,(H,28,31). The van der Waals surface area contributed by atoms with Crippen LogP contribution in [0.4, 0.5) is 0 Å². The molecular weight excluding hydrogens is 450 g/mol. The van der Waals surface area contributed by atoms with Crippen LogP contribution in [-0.2, 0) is 10.3 Å². The van der Waals surface area contributed by atoms with Crippen molar-refractivity contribution in [1.29, 1.82) is 0 Å².